The number of aromatic nitrogens is 2. The Bertz CT molecular complexity index is 663. The molecule has 0 saturated carbocycles. The van der Waals surface area contributed by atoms with Crippen LogP contribution >= 0.6 is 0 Å². The number of ether oxygens (including phenoxy) is 2. The van der Waals surface area contributed by atoms with E-state index in [0.29, 0.717) is 24.0 Å². The first-order chi connectivity index (χ1) is 10.8. The molecule has 1 fully saturated rings. The lowest BCUT2D eigenvalue weighted by molar-refractivity contribution is 0.0724. The van der Waals surface area contributed by atoms with E-state index < -0.39 is 5.82 Å². The number of nitrogens with zero attached hydrogens (tertiary/aromatic N) is 2. The Labute approximate surface area is 127 Å². The Morgan fingerprint density at radius 1 is 1.32 bits per heavy atom. The minimum absolute atomic E-state index is 0.168. The molecule has 0 bridgehead atoms. The molecule has 3 rings (SSSR count). The summed E-state index contributed by atoms with van der Waals surface area (Å²) < 4.78 is 29.5. The number of benzene rings is 1. The number of methoxy groups -OCH3 is 1. The van der Waals surface area contributed by atoms with Crippen molar-refractivity contribution >= 4 is 12.2 Å². The molecule has 0 radical (unpaired) electrons. The van der Waals surface area contributed by atoms with Gasteiger partial charge < -0.3 is 13.9 Å². The van der Waals surface area contributed by atoms with Gasteiger partial charge in [-0.3, -0.25) is 0 Å². The van der Waals surface area contributed by atoms with Crippen LogP contribution in [0, 0.1) is 5.82 Å². The third-order valence-corrected chi connectivity index (χ3v) is 3.56. The lowest BCUT2D eigenvalue weighted by Gasteiger charge is -2.18. The maximum Gasteiger partial charge on any atom is 0.240 e. The van der Waals surface area contributed by atoms with Crippen molar-refractivity contribution < 1.29 is 18.3 Å². The van der Waals surface area contributed by atoms with Crippen molar-refractivity contribution in [2.45, 2.75) is 18.8 Å². The molecule has 1 unspecified atom stereocenters. The van der Waals surface area contributed by atoms with E-state index in [1.54, 1.807) is 24.3 Å². The first kappa shape index (κ1) is 14.7. The Hall–Kier alpha value is -2.21. The third-order valence-electron chi connectivity index (χ3n) is 3.56. The van der Waals surface area contributed by atoms with Gasteiger partial charge in [-0.05, 0) is 36.6 Å². The van der Waals surface area contributed by atoms with Crippen LogP contribution in [0.5, 0.6) is 5.75 Å². The van der Waals surface area contributed by atoms with Crippen molar-refractivity contribution in [3.63, 3.8) is 0 Å². The Morgan fingerprint density at radius 2 is 2.23 bits per heavy atom. The number of hydrogen-bond donors (Lipinski definition) is 0. The fourth-order valence-corrected chi connectivity index (χ4v) is 2.37. The zero-order valence-corrected chi connectivity index (χ0v) is 12.3. The molecule has 0 N–H and O–H groups in total. The van der Waals surface area contributed by atoms with Crippen LogP contribution in [0.2, 0.25) is 0 Å². The highest BCUT2D eigenvalue weighted by Gasteiger charge is 2.21. The number of hydrogen-bond acceptors (Lipinski definition) is 5. The van der Waals surface area contributed by atoms with Gasteiger partial charge >= 0.3 is 0 Å². The molecule has 0 aliphatic carbocycles. The van der Waals surface area contributed by atoms with Crippen molar-refractivity contribution in [2.75, 3.05) is 20.3 Å². The maximum atomic E-state index is 13.6. The Kier molecular flexibility index (Phi) is 4.48. The second-order valence-electron chi connectivity index (χ2n) is 5.12. The van der Waals surface area contributed by atoms with Crippen molar-refractivity contribution in [3.8, 4) is 5.75 Å². The second kappa shape index (κ2) is 6.70. The van der Waals surface area contributed by atoms with E-state index in [0.717, 1.165) is 19.4 Å². The molecule has 1 aliphatic rings. The minimum Gasteiger partial charge on any atom is -0.494 e. The summed E-state index contributed by atoms with van der Waals surface area (Å²) in [6.45, 7) is 1.41. The van der Waals surface area contributed by atoms with Crippen molar-refractivity contribution in [1.82, 2.24) is 10.2 Å². The summed E-state index contributed by atoms with van der Waals surface area (Å²) in [4.78, 5) is 0. The fourth-order valence-electron chi connectivity index (χ4n) is 2.37. The van der Waals surface area contributed by atoms with Crippen LogP contribution in [-0.2, 0) is 4.74 Å². The molecule has 0 amide bonds. The molecule has 2 heterocycles. The highest BCUT2D eigenvalue weighted by molar-refractivity contribution is 5.66. The highest BCUT2D eigenvalue weighted by atomic mass is 19.1. The van der Waals surface area contributed by atoms with E-state index in [1.807, 2.05) is 0 Å². The molecule has 6 heteroatoms. The van der Waals surface area contributed by atoms with Gasteiger partial charge in [0, 0.05) is 12.7 Å². The van der Waals surface area contributed by atoms with Crippen LogP contribution in [0.25, 0.3) is 12.2 Å². The maximum absolute atomic E-state index is 13.6. The molecule has 0 spiro atoms. The number of halogens is 1. The Balaban J connectivity index is 1.70. The molecule has 1 atom stereocenters. The zero-order chi connectivity index (χ0) is 15.4. The Morgan fingerprint density at radius 3 is 2.95 bits per heavy atom. The van der Waals surface area contributed by atoms with Crippen molar-refractivity contribution in [3.05, 3.63) is 41.4 Å². The topological polar surface area (TPSA) is 57.4 Å². The van der Waals surface area contributed by atoms with Crippen LogP contribution < -0.4 is 4.74 Å². The van der Waals surface area contributed by atoms with Crippen LogP contribution in [-0.4, -0.2) is 30.5 Å². The van der Waals surface area contributed by atoms with Gasteiger partial charge in [-0.2, -0.15) is 0 Å². The summed E-state index contributed by atoms with van der Waals surface area (Å²) >= 11 is 0. The van der Waals surface area contributed by atoms with Crippen molar-refractivity contribution in [2.24, 2.45) is 0 Å². The molecule has 1 aliphatic heterocycles. The quantitative estimate of drug-likeness (QED) is 0.867. The largest absolute Gasteiger partial charge is 0.494 e. The normalized spacial score (nSPS) is 18.7. The van der Waals surface area contributed by atoms with Gasteiger partial charge in [0.25, 0.3) is 0 Å². The molecular weight excluding hydrogens is 287 g/mol. The van der Waals surface area contributed by atoms with E-state index >= 15 is 0 Å². The predicted molar refractivity (Wildman–Crippen MR) is 79.0 cm³/mol. The van der Waals surface area contributed by atoms with Gasteiger partial charge in [0.2, 0.25) is 11.8 Å². The van der Waals surface area contributed by atoms with Gasteiger partial charge in [-0.1, -0.05) is 6.07 Å². The first-order valence-corrected chi connectivity index (χ1v) is 7.19. The van der Waals surface area contributed by atoms with Gasteiger partial charge in [0.1, 0.15) is 0 Å². The van der Waals surface area contributed by atoms with Crippen LogP contribution in [0.1, 0.15) is 36.1 Å². The molecule has 2 aromatic rings. The zero-order valence-electron chi connectivity index (χ0n) is 12.3. The molecule has 1 saturated heterocycles. The second-order valence-corrected chi connectivity index (χ2v) is 5.12. The van der Waals surface area contributed by atoms with E-state index in [2.05, 4.69) is 10.2 Å². The third kappa shape index (κ3) is 3.33. The van der Waals surface area contributed by atoms with Crippen LogP contribution in [0.15, 0.2) is 22.6 Å². The summed E-state index contributed by atoms with van der Waals surface area (Å²) in [5, 5.41) is 8.04. The molecular formula is C16H17FN2O3. The van der Waals surface area contributed by atoms with Gasteiger partial charge in [-0.25, -0.2) is 4.39 Å². The average Bonchev–Trinajstić information content (AvgIpc) is 3.03. The smallest absolute Gasteiger partial charge is 0.240 e. The molecule has 1 aromatic heterocycles. The van der Waals surface area contributed by atoms with E-state index in [1.165, 1.54) is 13.2 Å². The lowest BCUT2D eigenvalue weighted by atomic mass is 10.0. The molecule has 22 heavy (non-hydrogen) atoms. The highest BCUT2D eigenvalue weighted by Crippen LogP contribution is 2.24. The van der Waals surface area contributed by atoms with Crippen molar-refractivity contribution in [1.29, 1.82) is 0 Å². The molecule has 5 nitrogen and oxygen atoms in total. The van der Waals surface area contributed by atoms with Gasteiger partial charge in [-0.15, -0.1) is 10.2 Å². The molecule has 1 aromatic carbocycles. The summed E-state index contributed by atoms with van der Waals surface area (Å²) in [5.41, 5.74) is 0.694. The minimum atomic E-state index is -0.407. The van der Waals surface area contributed by atoms with E-state index in [-0.39, 0.29) is 11.7 Å². The number of rotatable bonds is 4. The fraction of sp³-hybridized carbons (Fsp3) is 0.375. The van der Waals surface area contributed by atoms with Crippen LogP contribution in [0.4, 0.5) is 4.39 Å². The first-order valence-electron chi connectivity index (χ1n) is 7.19. The monoisotopic (exact) mass is 304 g/mol. The summed E-state index contributed by atoms with van der Waals surface area (Å²) in [6.07, 6.45) is 5.39. The molecule has 116 valence electrons. The van der Waals surface area contributed by atoms with Gasteiger partial charge in [0.05, 0.1) is 19.6 Å². The standard InChI is InChI=1S/C16H17FN2O3/c1-20-14-6-4-11(9-13(14)17)5-7-15-18-19-16(22-15)12-3-2-8-21-10-12/h4-7,9,12H,2-3,8,10H2,1H3/b7-5+. The summed E-state index contributed by atoms with van der Waals surface area (Å²) in [5.74, 6) is 0.976. The summed E-state index contributed by atoms with van der Waals surface area (Å²) in [6, 6.07) is 4.72. The van der Waals surface area contributed by atoms with Gasteiger partial charge in [0.15, 0.2) is 11.6 Å². The van der Waals surface area contributed by atoms with E-state index in [9.17, 15) is 4.39 Å². The lowest BCUT2D eigenvalue weighted by Crippen LogP contribution is -2.15. The summed E-state index contributed by atoms with van der Waals surface area (Å²) in [7, 11) is 1.43. The predicted octanol–water partition coefficient (Wildman–Crippen LogP) is 3.28. The van der Waals surface area contributed by atoms with Crippen LogP contribution in [0.3, 0.4) is 0 Å². The average molecular weight is 304 g/mol. The van der Waals surface area contributed by atoms with E-state index in [4.69, 9.17) is 13.9 Å². The SMILES string of the molecule is COc1ccc(/C=C/c2nnc(C3CCCOC3)o2)cc1F.